The maximum absolute atomic E-state index is 13.2. The average Bonchev–Trinajstić information content (AvgIpc) is 3.51. The molecule has 3 rings (SSSR count). The van der Waals surface area contributed by atoms with Crippen LogP contribution in [-0.4, -0.2) is 49.7 Å². The fourth-order valence-corrected chi connectivity index (χ4v) is 3.61. The number of carbonyl (C=O) groups excluding carboxylic acids is 2. The molecule has 2 aliphatic carbocycles. The lowest BCUT2D eigenvalue weighted by Gasteiger charge is -2.34. The number of nitrogens with zero attached hydrogens (tertiary/aromatic N) is 1. The number of hydrogen-bond donors (Lipinski definition) is 0. The highest BCUT2D eigenvalue weighted by atomic mass is 16.6. The van der Waals surface area contributed by atoms with E-state index in [1.807, 2.05) is 0 Å². The third-order valence-corrected chi connectivity index (χ3v) is 5.13. The highest BCUT2D eigenvalue weighted by Gasteiger charge is 2.38. The van der Waals surface area contributed by atoms with Crippen LogP contribution in [-0.2, 0) is 9.53 Å². The van der Waals surface area contributed by atoms with E-state index in [0.717, 1.165) is 25.7 Å². The molecule has 6 nitrogen and oxygen atoms in total. The molecular formula is C20H27NO5. The predicted molar refractivity (Wildman–Crippen MR) is 96.6 cm³/mol. The van der Waals surface area contributed by atoms with Crippen LogP contribution in [0.4, 0.5) is 0 Å². The van der Waals surface area contributed by atoms with Crippen LogP contribution in [0.25, 0.3) is 0 Å². The molecule has 0 spiro atoms. The Morgan fingerprint density at radius 1 is 1.00 bits per heavy atom. The second-order valence-corrected chi connectivity index (χ2v) is 6.97. The van der Waals surface area contributed by atoms with Gasteiger partial charge in [-0.2, -0.15) is 0 Å². The predicted octanol–water partition coefficient (Wildman–Crippen LogP) is 3.18. The van der Waals surface area contributed by atoms with Crippen molar-refractivity contribution in [2.24, 2.45) is 0 Å². The Morgan fingerprint density at radius 3 is 2.31 bits per heavy atom. The number of hydrogen-bond acceptors (Lipinski definition) is 5. The van der Waals surface area contributed by atoms with E-state index in [9.17, 15) is 9.59 Å². The van der Waals surface area contributed by atoms with Gasteiger partial charge in [-0.25, -0.2) is 4.79 Å². The molecule has 142 valence electrons. The second kappa shape index (κ2) is 8.43. The zero-order valence-electron chi connectivity index (χ0n) is 15.5. The quantitative estimate of drug-likeness (QED) is 0.698. The molecule has 0 radical (unpaired) electrons. The lowest BCUT2D eigenvalue weighted by Crippen LogP contribution is -2.43. The van der Waals surface area contributed by atoms with Crippen molar-refractivity contribution in [3.8, 4) is 11.5 Å². The molecule has 2 fully saturated rings. The summed E-state index contributed by atoms with van der Waals surface area (Å²) in [5, 5.41) is 0. The van der Waals surface area contributed by atoms with Gasteiger partial charge in [0, 0.05) is 17.6 Å². The molecule has 2 aliphatic rings. The van der Waals surface area contributed by atoms with Crippen molar-refractivity contribution in [1.29, 1.82) is 0 Å². The molecule has 0 unspecified atom stereocenters. The summed E-state index contributed by atoms with van der Waals surface area (Å²) in [6, 6.07) is 5.86. The summed E-state index contributed by atoms with van der Waals surface area (Å²) >= 11 is 0. The molecule has 0 heterocycles. The lowest BCUT2D eigenvalue weighted by molar-refractivity contribution is -0.142. The highest BCUT2D eigenvalue weighted by molar-refractivity contribution is 5.95. The van der Waals surface area contributed by atoms with Crippen LogP contribution in [0.15, 0.2) is 18.2 Å². The van der Waals surface area contributed by atoms with Gasteiger partial charge in [-0.3, -0.25) is 4.79 Å². The summed E-state index contributed by atoms with van der Waals surface area (Å²) in [6.07, 6.45) is 8.05. The van der Waals surface area contributed by atoms with Gasteiger partial charge in [-0.15, -0.1) is 0 Å². The lowest BCUT2D eigenvalue weighted by atomic mass is 9.93. The van der Waals surface area contributed by atoms with Gasteiger partial charge in [0.1, 0.15) is 0 Å². The molecule has 1 amide bonds. The van der Waals surface area contributed by atoms with Crippen molar-refractivity contribution in [1.82, 2.24) is 4.90 Å². The smallest absolute Gasteiger partial charge is 0.343 e. The van der Waals surface area contributed by atoms with Crippen LogP contribution in [0.2, 0.25) is 0 Å². The number of esters is 1. The summed E-state index contributed by atoms with van der Waals surface area (Å²) < 4.78 is 15.4. The first-order valence-corrected chi connectivity index (χ1v) is 9.34. The van der Waals surface area contributed by atoms with Gasteiger partial charge in [0.25, 0.3) is 5.91 Å². The number of methoxy groups -OCH3 is 2. The first kappa shape index (κ1) is 18.5. The van der Waals surface area contributed by atoms with E-state index in [-0.39, 0.29) is 12.5 Å². The van der Waals surface area contributed by atoms with Crippen molar-refractivity contribution < 1.29 is 23.8 Å². The Bertz CT molecular complexity index is 650. The van der Waals surface area contributed by atoms with Crippen LogP contribution < -0.4 is 9.47 Å². The van der Waals surface area contributed by atoms with Crippen molar-refractivity contribution in [2.45, 2.75) is 57.0 Å². The SMILES string of the molecule is COC(=O)COc1ccc(C(=O)N(C2CCCCC2)C2CC2)cc1OC. The van der Waals surface area contributed by atoms with E-state index in [1.165, 1.54) is 33.5 Å². The summed E-state index contributed by atoms with van der Waals surface area (Å²) in [5.74, 6) is 0.464. The zero-order chi connectivity index (χ0) is 18.5. The van der Waals surface area contributed by atoms with Gasteiger partial charge >= 0.3 is 5.97 Å². The van der Waals surface area contributed by atoms with Gasteiger partial charge in [0.2, 0.25) is 0 Å². The summed E-state index contributed by atoms with van der Waals surface area (Å²) in [6.45, 7) is -0.198. The van der Waals surface area contributed by atoms with Crippen LogP contribution in [0, 0.1) is 0 Å². The summed E-state index contributed by atoms with van der Waals surface area (Å²) in [4.78, 5) is 26.5. The average molecular weight is 361 g/mol. The fraction of sp³-hybridized carbons (Fsp3) is 0.600. The van der Waals surface area contributed by atoms with Gasteiger partial charge < -0.3 is 19.1 Å². The molecule has 1 aromatic rings. The van der Waals surface area contributed by atoms with Crippen LogP contribution in [0.1, 0.15) is 55.3 Å². The Kier molecular flexibility index (Phi) is 6.01. The normalized spacial score (nSPS) is 17.5. The standard InChI is InChI=1S/C20H27NO5/c1-24-18-12-14(8-11-17(18)26-13-19(22)25-2)20(23)21(16-9-10-16)15-6-4-3-5-7-15/h8,11-12,15-16H,3-7,9-10,13H2,1-2H3. The van der Waals surface area contributed by atoms with Gasteiger partial charge in [-0.1, -0.05) is 19.3 Å². The minimum absolute atomic E-state index is 0.0669. The largest absolute Gasteiger partial charge is 0.493 e. The molecule has 0 aliphatic heterocycles. The number of ether oxygens (including phenoxy) is 3. The third kappa shape index (κ3) is 4.29. The van der Waals surface area contributed by atoms with E-state index in [0.29, 0.717) is 29.1 Å². The van der Waals surface area contributed by atoms with E-state index in [4.69, 9.17) is 9.47 Å². The van der Waals surface area contributed by atoms with Crippen LogP contribution >= 0.6 is 0 Å². The van der Waals surface area contributed by atoms with E-state index < -0.39 is 5.97 Å². The molecule has 6 heteroatoms. The number of rotatable bonds is 7. The van der Waals surface area contributed by atoms with Crippen LogP contribution in [0.3, 0.4) is 0 Å². The Morgan fingerprint density at radius 2 is 1.69 bits per heavy atom. The number of benzene rings is 1. The van der Waals surface area contributed by atoms with Gasteiger partial charge in [-0.05, 0) is 43.9 Å². The van der Waals surface area contributed by atoms with Crippen molar-refractivity contribution in [3.05, 3.63) is 23.8 Å². The fourth-order valence-electron chi connectivity index (χ4n) is 3.61. The molecule has 0 bridgehead atoms. The molecule has 0 aromatic heterocycles. The first-order chi connectivity index (χ1) is 12.6. The molecule has 0 atom stereocenters. The Labute approximate surface area is 154 Å². The first-order valence-electron chi connectivity index (χ1n) is 9.34. The molecule has 26 heavy (non-hydrogen) atoms. The van der Waals surface area contributed by atoms with E-state index in [1.54, 1.807) is 18.2 Å². The minimum atomic E-state index is -0.468. The van der Waals surface area contributed by atoms with Crippen LogP contribution in [0.5, 0.6) is 11.5 Å². The molecular weight excluding hydrogens is 334 g/mol. The van der Waals surface area contributed by atoms with E-state index >= 15 is 0 Å². The number of carbonyl (C=O) groups is 2. The topological polar surface area (TPSA) is 65.1 Å². The number of amides is 1. The third-order valence-electron chi connectivity index (χ3n) is 5.13. The monoisotopic (exact) mass is 361 g/mol. The molecule has 1 aromatic carbocycles. The highest BCUT2D eigenvalue weighted by Crippen LogP contribution is 2.36. The van der Waals surface area contributed by atoms with Gasteiger partial charge in [0.05, 0.1) is 14.2 Å². The summed E-state index contributed by atoms with van der Waals surface area (Å²) in [7, 11) is 2.83. The Hall–Kier alpha value is -2.24. The minimum Gasteiger partial charge on any atom is -0.493 e. The van der Waals surface area contributed by atoms with Crippen molar-refractivity contribution >= 4 is 11.9 Å². The Balaban J connectivity index is 1.76. The van der Waals surface area contributed by atoms with Gasteiger partial charge in [0.15, 0.2) is 18.1 Å². The zero-order valence-corrected chi connectivity index (χ0v) is 15.5. The molecule has 2 saturated carbocycles. The van der Waals surface area contributed by atoms with Crippen molar-refractivity contribution in [3.63, 3.8) is 0 Å². The maximum Gasteiger partial charge on any atom is 0.343 e. The van der Waals surface area contributed by atoms with E-state index in [2.05, 4.69) is 9.64 Å². The second-order valence-electron chi connectivity index (χ2n) is 6.97. The molecule has 0 N–H and O–H groups in total. The molecule has 0 saturated heterocycles. The van der Waals surface area contributed by atoms with Crippen molar-refractivity contribution in [2.75, 3.05) is 20.8 Å². The maximum atomic E-state index is 13.2. The summed E-state index contributed by atoms with van der Waals surface area (Å²) in [5.41, 5.74) is 0.602.